The number of rotatable bonds is 1. The average Bonchev–Trinajstić information content (AvgIpc) is 2.40. The molecule has 0 fully saturated rings. The zero-order chi connectivity index (χ0) is 13.6. The molecule has 0 aliphatic rings. The van der Waals surface area contributed by atoms with Crippen molar-refractivity contribution in [1.82, 2.24) is 9.78 Å². The Morgan fingerprint density at radius 1 is 1.06 bits per heavy atom. The molecule has 3 heteroatoms. The molecule has 3 nitrogen and oxygen atoms in total. The minimum atomic E-state index is -0.197. The predicted octanol–water partition coefficient (Wildman–Crippen LogP) is 3.76. The Hall–Kier alpha value is -0.990. The van der Waals surface area contributed by atoms with E-state index in [0.717, 1.165) is 11.3 Å². The molecule has 0 radical (unpaired) electrons. The zero-order valence-electron chi connectivity index (χ0n) is 12.4. The molecule has 0 bridgehead atoms. The van der Waals surface area contributed by atoms with Gasteiger partial charge in [0, 0.05) is 11.0 Å². The van der Waals surface area contributed by atoms with Gasteiger partial charge in [-0.2, -0.15) is 5.10 Å². The van der Waals surface area contributed by atoms with Crippen LogP contribution in [0.15, 0.2) is 0 Å². The van der Waals surface area contributed by atoms with E-state index in [9.17, 15) is 5.11 Å². The summed E-state index contributed by atoms with van der Waals surface area (Å²) < 4.78 is 1.74. The molecule has 1 aromatic heterocycles. The number of hydrogen-bond acceptors (Lipinski definition) is 2. The second-order valence-corrected chi connectivity index (χ2v) is 7.07. The summed E-state index contributed by atoms with van der Waals surface area (Å²) in [5.74, 6) is 0.595. The van der Waals surface area contributed by atoms with Crippen LogP contribution in [0.25, 0.3) is 0 Å². The molecule has 1 aromatic rings. The molecule has 0 saturated carbocycles. The molecule has 0 aliphatic heterocycles. The summed E-state index contributed by atoms with van der Waals surface area (Å²) in [6.45, 7) is 16.7. The Balaban J connectivity index is 3.52. The molecule has 0 amide bonds. The average molecular weight is 238 g/mol. The van der Waals surface area contributed by atoms with Crippen molar-refractivity contribution in [3.05, 3.63) is 11.3 Å². The van der Waals surface area contributed by atoms with Gasteiger partial charge in [-0.3, -0.25) is 0 Å². The number of nitrogens with zero attached hydrogens (tertiary/aromatic N) is 2. The van der Waals surface area contributed by atoms with Gasteiger partial charge in [-0.25, -0.2) is 4.68 Å². The quantitative estimate of drug-likeness (QED) is 0.809. The van der Waals surface area contributed by atoms with Crippen LogP contribution in [0.1, 0.15) is 72.6 Å². The van der Waals surface area contributed by atoms with Crippen LogP contribution in [-0.4, -0.2) is 14.9 Å². The van der Waals surface area contributed by atoms with Gasteiger partial charge in [0.1, 0.15) is 0 Å². The third-order valence-corrected chi connectivity index (χ3v) is 2.82. The molecular formula is C14H26N2O. The SMILES string of the molecule is CC(C)c1c(C(C)(C)C)nn(C(C)(C)C)c1O. The van der Waals surface area contributed by atoms with Crippen LogP contribution in [0.3, 0.4) is 0 Å². The second-order valence-electron chi connectivity index (χ2n) is 7.07. The summed E-state index contributed by atoms with van der Waals surface area (Å²) in [5.41, 5.74) is 1.73. The van der Waals surface area contributed by atoms with Crippen molar-refractivity contribution in [3.63, 3.8) is 0 Å². The molecule has 98 valence electrons. The van der Waals surface area contributed by atoms with Crippen LogP contribution in [-0.2, 0) is 11.0 Å². The van der Waals surface area contributed by atoms with Gasteiger partial charge in [0.05, 0.1) is 11.2 Å². The smallest absolute Gasteiger partial charge is 0.213 e. The van der Waals surface area contributed by atoms with Crippen LogP contribution < -0.4 is 0 Å². The second kappa shape index (κ2) is 4.04. The Morgan fingerprint density at radius 3 is 1.76 bits per heavy atom. The van der Waals surface area contributed by atoms with E-state index in [0.29, 0.717) is 5.88 Å². The van der Waals surface area contributed by atoms with Crippen molar-refractivity contribution in [2.24, 2.45) is 0 Å². The van der Waals surface area contributed by atoms with Crippen LogP contribution in [0.5, 0.6) is 5.88 Å². The third-order valence-electron chi connectivity index (χ3n) is 2.82. The lowest BCUT2D eigenvalue weighted by molar-refractivity contribution is 0.290. The molecule has 0 spiro atoms. The maximum atomic E-state index is 10.4. The molecule has 0 aromatic carbocycles. The van der Waals surface area contributed by atoms with E-state index in [4.69, 9.17) is 0 Å². The van der Waals surface area contributed by atoms with Crippen LogP contribution in [0.4, 0.5) is 0 Å². The van der Waals surface area contributed by atoms with Gasteiger partial charge in [-0.05, 0) is 26.7 Å². The van der Waals surface area contributed by atoms with Gasteiger partial charge < -0.3 is 5.11 Å². The molecule has 17 heavy (non-hydrogen) atoms. The topological polar surface area (TPSA) is 38.0 Å². The maximum absolute atomic E-state index is 10.4. The zero-order valence-corrected chi connectivity index (χ0v) is 12.4. The molecule has 0 unspecified atom stereocenters. The van der Waals surface area contributed by atoms with E-state index in [1.807, 2.05) is 0 Å². The van der Waals surface area contributed by atoms with E-state index in [1.54, 1.807) is 4.68 Å². The summed E-state index contributed by atoms with van der Waals surface area (Å²) >= 11 is 0. The van der Waals surface area contributed by atoms with Gasteiger partial charge in [-0.15, -0.1) is 0 Å². The minimum absolute atomic E-state index is 0.0480. The Morgan fingerprint density at radius 2 is 1.53 bits per heavy atom. The molecule has 1 rings (SSSR count). The molecule has 0 aliphatic carbocycles. The number of hydrogen-bond donors (Lipinski definition) is 1. The summed E-state index contributed by atoms with van der Waals surface area (Å²) in [7, 11) is 0. The van der Waals surface area contributed by atoms with E-state index < -0.39 is 0 Å². The van der Waals surface area contributed by atoms with Gasteiger partial charge in [0.25, 0.3) is 0 Å². The predicted molar refractivity (Wildman–Crippen MR) is 71.7 cm³/mol. The highest BCUT2D eigenvalue weighted by Crippen LogP contribution is 2.38. The standard InChI is InChI=1S/C14H26N2O/c1-9(2)10-11(13(3,4)5)15-16(12(10)17)14(6,7)8/h9,17H,1-8H3. The first-order valence-electron chi connectivity index (χ1n) is 6.29. The molecule has 1 N–H and O–H groups in total. The Labute approximate surface area is 105 Å². The van der Waals surface area contributed by atoms with Crippen molar-refractivity contribution in [2.75, 3.05) is 0 Å². The van der Waals surface area contributed by atoms with E-state index in [-0.39, 0.29) is 16.9 Å². The lowest BCUT2D eigenvalue weighted by Crippen LogP contribution is -2.24. The first kappa shape index (κ1) is 14.1. The summed E-state index contributed by atoms with van der Waals surface area (Å²) in [6.07, 6.45) is 0. The van der Waals surface area contributed by atoms with Crippen LogP contribution in [0, 0.1) is 0 Å². The van der Waals surface area contributed by atoms with E-state index in [2.05, 4.69) is 60.5 Å². The lowest BCUT2D eigenvalue weighted by atomic mass is 9.86. The first-order valence-corrected chi connectivity index (χ1v) is 6.29. The van der Waals surface area contributed by atoms with E-state index >= 15 is 0 Å². The third kappa shape index (κ3) is 2.64. The maximum Gasteiger partial charge on any atom is 0.213 e. The largest absolute Gasteiger partial charge is 0.493 e. The molecule has 0 saturated heterocycles. The highest BCUT2D eigenvalue weighted by Gasteiger charge is 2.31. The highest BCUT2D eigenvalue weighted by molar-refractivity contribution is 5.38. The van der Waals surface area contributed by atoms with Gasteiger partial charge in [-0.1, -0.05) is 34.6 Å². The normalized spacial score (nSPS) is 13.5. The van der Waals surface area contributed by atoms with Crippen molar-refractivity contribution in [1.29, 1.82) is 0 Å². The van der Waals surface area contributed by atoms with E-state index in [1.165, 1.54) is 0 Å². The minimum Gasteiger partial charge on any atom is -0.493 e. The first-order chi connectivity index (χ1) is 7.46. The lowest BCUT2D eigenvalue weighted by Gasteiger charge is -2.20. The van der Waals surface area contributed by atoms with Crippen LogP contribution in [0.2, 0.25) is 0 Å². The molecular weight excluding hydrogens is 212 g/mol. The fourth-order valence-corrected chi connectivity index (χ4v) is 1.97. The Kier molecular flexibility index (Phi) is 3.34. The van der Waals surface area contributed by atoms with Crippen LogP contribution >= 0.6 is 0 Å². The number of aromatic nitrogens is 2. The summed E-state index contributed by atoms with van der Waals surface area (Å²) in [4.78, 5) is 0. The van der Waals surface area contributed by atoms with Gasteiger partial charge in [0.2, 0.25) is 5.88 Å². The Bertz CT molecular complexity index is 403. The van der Waals surface area contributed by atoms with Crippen molar-refractivity contribution >= 4 is 0 Å². The summed E-state index contributed by atoms with van der Waals surface area (Å²) in [5, 5.41) is 15.0. The fourth-order valence-electron chi connectivity index (χ4n) is 1.97. The summed E-state index contributed by atoms with van der Waals surface area (Å²) in [6, 6.07) is 0. The van der Waals surface area contributed by atoms with Gasteiger partial charge >= 0.3 is 0 Å². The van der Waals surface area contributed by atoms with Gasteiger partial charge in [0.15, 0.2) is 0 Å². The van der Waals surface area contributed by atoms with Crippen molar-refractivity contribution in [2.45, 2.75) is 72.3 Å². The van der Waals surface area contributed by atoms with Crippen molar-refractivity contribution < 1.29 is 5.11 Å². The monoisotopic (exact) mass is 238 g/mol. The highest BCUT2D eigenvalue weighted by atomic mass is 16.3. The molecule has 0 atom stereocenters. The molecule has 1 heterocycles. The fraction of sp³-hybridized carbons (Fsp3) is 0.786. The number of aromatic hydroxyl groups is 1. The van der Waals surface area contributed by atoms with Crippen molar-refractivity contribution in [3.8, 4) is 5.88 Å².